The normalized spacial score (nSPS) is 11.6. The van der Waals surface area contributed by atoms with Crippen LogP contribution in [-0.2, 0) is 14.8 Å². The largest absolute Gasteiger partial charge is 0.493 e. The van der Waals surface area contributed by atoms with Crippen LogP contribution in [0.25, 0.3) is 0 Å². The molecule has 6 heteroatoms. The number of nitrogens with two attached hydrogens (primary N) is 1. The number of hydrogen-bond donors (Lipinski definition) is 1. The first-order chi connectivity index (χ1) is 8.86. The van der Waals surface area contributed by atoms with Gasteiger partial charge in [-0.2, -0.15) is 0 Å². The maximum atomic E-state index is 11.3. The lowest BCUT2D eigenvalue weighted by Gasteiger charge is -2.13. The molecular weight excluding hydrogens is 266 g/mol. The quantitative estimate of drug-likeness (QED) is 0.775. The molecule has 2 N–H and O–H groups in total. The van der Waals surface area contributed by atoms with E-state index in [2.05, 4.69) is 0 Å². The Morgan fingerprint density at radius 3 is 2.11 bits per heavy atom. The fourth-order valence-electron chi connectivity index (χ4n) is 1.83. The monoisotopic (exact) mass is 287 g/mol. The zero-order valence-corrected chi connectivity index (χ0v) is 12.4. The average Bonchev–Trinajstić information content (AvgIpc) is 2.30. The first-order valence-corrected chi connectivity index (χ1v) is 7.66. The SMILES string of the molecule is COCCCCOc1c(C)cc(S(N)(=O)=O)cc1C. The Morgan fingerprint density at radius 1 is 1.11 bits per heavy atom. The molecule has 1 aromatic carbocycles. The standard InChI is InChI=1S/C13H21NO4S/c1-10-8-12(19(14,15)16)9-11(2)13(10)18-7-5-4-6-17-3/h8-9H,4-7H2,1-3H3,(H2,14,15,16). The molecule has 0 saturated heterocycles. The van der Waals surface area contributed by atoms with Crippen LogP contribution in [0.5, 0.6) is 5.75 Å². The maximum absolute atomic E-state index is 11.3. The molecule has 0 aliphatic carbocycles. The summed E-state index contributed by atoms with van der Waals surface area (Å²) in [6.07, 6.45) is 1.83. The van der Waals surface area contributed by atoms with Crippen molar-refractivity contribution in [3.05, 3.63) is 23.3 Å². The van der Waals surface area contributed by atoms with Crippen molar-refractivity contribution in [3.8, 4) is 5.75 Å². The topological polar surface area (TPSA) is 78.6 Å². The van der Waals surface area contributed by atoms with Crippen molar-refractivity contribution < 1.29 is 17.9 Å². The zero-order chi connectivity index (χ0) is 14.5. The third-order valence-corrected chi connectivity index (χ3v) is 3.64. The molecule has 0 bridgehead atoms. The van der Waals surface area contributed by atoms with Gasteiger partial charge >= 0.3 is 0 Å². The Hall–Kier alpha value is -1.11. The first kappa shape index (κ1) is 15.9. The van der Waals surface area contributed by atoms with Crippen molar-refractivity contribution in [1.29, 1.82) is 0 Å². The van der Waals surface area contributed by atoms with Gasteiger partial charge in [-0.05, 0) is 49.9 Å². The van der Waals surface area contributed by atoms with Gasteiger partial charge < -0.3 is 9.47 Å². The van der Waals surface area contributed by atoms with Crippen molar-refractivity contribution >= 4 is 10.0 Å². The third kappa shape index (κ3) is 4.81. The maximum Gasteiger partial charge on any atom is 0.238 e. The Labute approximate surface area is 114 Å². The Bertz CT molecular complexity index is 502. The molecule has 0 aliphatic heterocycles. The highest BCUT2D eigenvalue weighted by Crippen LogP contribution is 2.26. The van der Waals surface area contributed by atoms with E-state index in [1.807, 2.05) is 13.8 Å². The van der Waals surface area contributed by atoms with E-state index in [1.54, 1.807) is 7.11 Å². The van der Waals surface area contributed by atoms with Crippen molar-refractivity contribution in [2.24, 2.45) is 5.14 Å². The number of hydrogen-bond acceptors (Lipinski definition) is 4. The van der Waals surface area contributed by atoms with Gasteiger partial charge in [-0.3, -0.25) is 0 Å². The second kappa shape index (κ2) is 6.88. The van der Waals surface area contributed by atoms with E-state index >= 15 is 0 Å². The van der Waals surface area contributed by atoms with E-state index in [0.717, 1.165) is 29.7 Å². The molecule has 0 aromatic heterocycles. The summed E-state index contributed by atoms with van der Waals surface area (Å²) in [5, 5.41) is 5.12. The molecule has 0 unspecified atom stereocenters. The summed E-state index contributed by atoms with van der Waals surface area (Å²) in [6, 6.07) is 3.07. The van der Waals surface area contributed by atoms with E-state index in [4.69, 9.17) is 14.6 Å². The minimum absolute atomic E-state index is 0.120. The van der Waals surface area contributed by atoms with E-state index in [9.17, 15) is 8.42 Å². The van der Waals surface area contributed by atoms with Crippen LogP contribution in [0.3, 0.4) is 0 Å². The van der Waals surface area contributed by atoms with Gasteiger partial charge in [0.05, 0.1) is 11.5 Å². The molecule has 0 atom stereocenters. The molecule has 0 spiro atoms. The van der Waals surface area contributed by atoms with E-state index in [0.29, 0.717) is 13.2 Å². The van der Waals surface area contributed by atoms with Crippen molar-refractivity contribution in [2.75, 3.05) is 20.3 Å². The number of benzene rings is 1. The van der Waals surface area contributed by atoms with Crippen LogP contribution in [0.2, 0.25) is 0 Å². The number of sulfonamides is 1. The first-order valence-electron chi connectivity index (χ1n) is 6.12. The average molecular weight is 287 g/mol. The molecule has 0 radical (unpaired) electrons. The highest BCUT2D eigenvalue weighted by atomic mass is 32.2. The van der Waals surface area contributed by atoms with Crippen molar-refractivity contribution in [3.63, 3.8) is 0 Å². The molecule has 0 amide bonds. The predicted molar refractivity (Wildman–Crippen MR) is 73.9 cm³/mol. The van der Waals surface area contributed by atoms with Crippen LogP contribution in [0.1, 0.15) is 24.0 Å². The summed E-state index contributed by atoms with van der Waals surface area (Å²) in [5.41, 5.74) is 1.55. The molecular formula is C13H21NO4S. The Morgan fingerprint density at radius 2 is 1.63 bits per heavy atom. The lowest BCUT2D eigenvalue weighted by molar-refractivity contribution is 0.184. The smallest absolute Gasteiger partial charge is 0.238 e. The highest BCUT2D eigenvalue weighted by molar-refractivity contribution is 7.89. The molecule has 1 aromatic rings. The fraction of sp³-hybridized carbons (Fsp3) is 0.538. The van der Waals surface area contributed by atoms with Gasteiger partial charge in [0.15, 0.2) is 0 Å². The van der Waals surface area contributed by atoms with E-state index in [1.165, 1.54) is 12.1 Å². The summed E-state index contributed by atoms with van der Waals surface area (Å²) in [4.78, 5) is 0.120. The molecule has 0 saturated carbocycles. The number of primary sulfonamides is 1. The van der Waals surface area contributed by atoms with Gasteiger partial charge in [0.25, 0.3) is 0 Å². The van der Waals surface area contributed by atoms with E-state index in [-0.39, 0.29) is 4.90 Å². The van der Waals surface area contributed by atoms with Gasteiger partial charge in [0.1, 0.15) is 5.75 Å². The fourth-order valence-corrected chi connectivity index (χ4v) is 2.51. The van der Waals surface area contributed by atoms with E-state index < -0.39 is 10.0 Å². The van der Waals surface area contributed by atoms with Gasteiger partial charge in [0, 0.05) is 13.7 Å². The number of methoxy groups -OCH3 is 1. The Balaban J connectivity index is 2.75. The summed E-state index contributed by atoms with van der Waals surface area (Å²) < 4.78 is 33.3. The van der Waals surface area contributed by atoms with Crippen LogP contribution in [0.4, 0.5) is 0 Å². The summed E-state index contributed by atoms with van der Waals surface area (Å²) in [7, 11) is -2.00. The zero-order valence-electron chi connectivity index (χ0n) is 11.6. The van der Waals surface area contributed by atoms with Gasteiger partial charge in [-0.25, -0.2) is 13.6 Å². The van der Waals surface area contributed by atoms with Gasteiger partial charge in [0.2, 0.25) is 10.0 Å². The van der Waals surface area contributed by atoms with Crippen molar-refractivity contribution in [1.82, 2.24) is 0 Å². The molecule has 19 heavy (non-hydrogen) atoms. The minimum Gasteiger partial charge on any atom is -0.493 e. The second-order valence-electron chi connectivity index (χ2n) is 4.48. The number of rotatable bonds is 7. The lowest BCUT2D eigenvalue weighted by atomic mass is 10.1. The molecule has 108 valence electrons. The molecule has 5 nitrogen and oxygen atoms in total. The summed E-state index contributed by atoms with van der Waals surface area (Å²) in [6.45, 7) is 4.92. The van der Waals surface area contributed by atoms with Crippen LogP contribution in [0, 0.1) is 13.8 Å². The number of aryl methyl sites for hydroxylation is 2. The van der Waals surface area contributed by atoms with Gasteiger partial charge in [-0.1, -0.05) is 0 Å². The molecule has 0 fully saturated rings. The van der Waals surface area contributed by atoms with Gasteiger partial charge in [-0.15, -0.1) is 0 Å². The summed E-state index contributed by atoms with van der Waals surface area (Å²) >= 11 is 0. The second-order valence-corrected chi connectivity index (χ2v) is 6.04. The van der Waals surface area contributed by atoms with Crippen LogP contribution < -0.4 is 9.88 Å². The highest BCUT2D eigenvalue weighted by Gasteiger charge is 2.13. The molecule has 0 aliphatic rings. The van der Waals surface area contributed by atoms with Crippen LogP contribution >= 0.6 is 0 Å². The third-order valence-electron chi connectivity index (χ3n) is 2.75. The Kier molecular flexibility index (Phi) is 5.78. The summed E-state index contributed by atoms with van der Waals surface area (Å²) in [5.74, 6) is 0.727. The molecule has 1 rings (SSSR count). The molecule has 0 heterocycles. The number of ether oxygens (including phenoxy) is 2. The van der Waals surface area contributed by atoms with Crippen LogP contribution in [-0.4, -0.2) is 28.7 Å². The minimum atomic E-state index is -3.67. The number of unbranched alkanes of at least 4 members (excludes halogenated alkanes) is 1. The van der Waals surface area contributed by atoms with Crippen molar-refractivity contribution in [2.45, 2.75) is 31.6 Å². The van der Waals surface area contributed by atoms with Crippen LogP contribution in [0.15, 0.2) is 17.0 Å². The predicted octanol–water partition coefficient (Wildman–Crippen LogP) is 1.76. The lowest BCUT2D eigenvalue weighted by Crippen LogP contribution is -2.13.